The molecular weight excluding hydrogens is 234 g/mol. The van der Waals surface area contributed by atoms with Crippen LogP contribution in [0.15, 0.2) is 12.1 Å². The van der Waals surface area contributed by atoms with Crippen molar-refractivity contribution in [3.05, 3.63) is 23.4 Å². The smallest absolute Gasteiger partial charge is 0.129 e. The summed E-state index contributed by atoms with van der Waals surface area (Å²) in [4.78, 5) is 7.16. The van der Waals surface area contributed by atoms with Crippen molar-refractivity contribution in [2.24, 2.45) is 11.3 Å². The summed E-state index contributed by atoms with van der Waals surface area (Å²) in [7, 11) is 1.99. The lowest BCUT2D eigenvalue weighted by molar-refractivity contribution is 0.263. The molecule has 19 heavy (non-hydrogen) atoms. The highest BCUT2D eigenvalue weighted by Crippen LogP contribution is 2.35. The SMILES string of the molecule is CNCc1cc(C)nc(N2CCC(C(C)(C)C)C2)c1. The molecule has 1 atom stereocenters. The monoisotopic (exact) mass is 261 g/mol. The molecule has 1 aromatic rings. The molecule has 0 radical (unpaired) electrons. The summed E-state index contributed by atoms with van der Waals surface area (Å²) in [6.45, 7) is 12.3. The molecule has 0 aliphatic carbocycles. The molecule has 0 aromatic carbocycles. The average molecular weight is 261 g/mol. The predicted octanol–water partition coefficient (Wildman–Crippen LogP) is 2.98. The maximum atomic E-state index is 4.71. The highest BCUT2D eigenvalue weighted by Gasteiger charge is 2.32. The van der Waals surface area contributed by atoms with Gasteiger partial charge in [-0.05, 0) is 49.4 Å². The van der Waals surface area contributed by atoms with E-state index in [2.05, 4.69) is 50.0 Å². The van der Waals surface area contributed by atoms with Gasteiger partial charge in [0.2, 0.25) is 0 Å². The van der Waals surface area contributed by atoms with Crippen LogP contribution in [0.1, 0.15) is 38.4 Å². The Kier molecular flexibility index (Phi) is 4.14. The summed E-state index contributed by atoms with van der Waals surface area (Å²) in [6.07, 6.45) is 1.28. The second kappa shape index (κ2) is 5.49. The van der Waals surface area contributed by atoms with Crippen molar-refractivity contribution in [2.75, 3.05) is 25.0 Å². The van der Waals surface area contributed by atoms with Crippen LogP contribution in [0.4, 0.5) is 5.82 Å². The summed E-state index contributed by atoms with van der Waals surface area (Å²) in [6, 6.07) is 4.39. The molecule has 1 fully saturated rings. The fraction of sp³-hybridized carbons (Fsp3) is 0.688. The van der Waals surface area contributed by atoms with Crippen LogP contribution in [-0.2, 0) is 6.54 Å². The van der Waals surface area contributed by atoms with Gasteiger partial charge in [-0.15, -0.1) is 0 Å². The summed E-state index contributed by atoms with van der Waals surface area (Å²) in [5, 5.41) is 3.22. The summed E-state index contributed by atoms with van der Waals surface area (Å²) in [5.74, 6) is 1.92. The molecule has 3 heteroatoms. The van der Waals surface area contributed by atoms with E-state index in [1.807, 2.05) is 7.05 Å². The van der Waals surface area contributed by atoms with E-state index >= 15 is 0 Å². The molecule has 2 heterocycles. The van der Waals surface area contributed by atoms with Crippen LogP contribution in [0, 0.1) is 18.3 Å². The van der Waals surface area contributed by atoms with Gasteiger partial charge in [0, 0.05) is 25.3 Å². The number of anilines is 1. The van der Waals surface area contributed by atoms with Gasteiger partial charge >= 0.3 is 0 Å². The zero-order chi connectivity index (χ0) is 14.0. The molecule has 106 valence electrons. The molecule has 1 N–H and O–H groups in total. The zero-order valence-electron chi connectivity index (χ0n) is 13.0. The second-order valence-corrected chi connectivity index (χ2v) is 6.80. The number of rotatable bonds is 3. The van der Waals surface area contributed by atoms with Crippen molar-refractivity contribution >= 4 is 5.82 Å². The Morgan fingerprint density at radius 1 is 1.37 bits per heavy atom. The Morgan fingerprint density at radius 3 is 2.68 bits per heavy atom. The second-order valence-electron chi connectivity index (χ2n) is 6.80. The van der Waals surface area contributed by atoms with E-state index in [-0.39, 0.29) is 0 Å². The van der Waals surface area contributed by atoms with E-state index < -0.39 is 0 Å². The Morgan fingerprint density at radius 2 is 2.11 bits per heavy atom. The van der Waals surface area contributed by atoms with Gasteiger partial charge in [-0.2, -0.15) is 0 Å². The zero-order valence-corrected chi connectivity index (χ0v) is 13.0. The molecule has 1 saturated heterocycles. The first-order valence-corrected chi connectivity index (χ1v) is 7.27. The summed E-state index contributed by atoms with van der Waals surface area (Å²) in [5.41, 5.74) is 2.83. The number of pyridine rings is 1. The standard InChI is InChI=1S/C16H27N3/c1-12-8-13(10-17-5)9-15(18-12)19-7-6-14(11-19)16(2,3)4/h8-9,14,17H,6-7,10-11H2,1-5H3. The number of hydrogen-bond acceptors (Lipinski definition) is 3. The number of hydrogen-bond donors (Lipinski definition) is 1. The largest absolute Gasteiger partial charge is 0.356 e. The maximum Gasteiger partial charge on any atom is 0.129 e. The minimum Gasteiger partial charge on any atom is -0.356 e. The topological polar surface area (TPSA) is 28.2 Å². The number of aromatic nitrogens is 1. The third-order valence-electron chi connectivity index (χ3n) is 4.12. The van der Waals surface area contributed by atoms with Gasteiger partial charge in [0.25, 0.3) is 0 Å². The fourth-order valence-corrected chi connectivity index (χ4v) is 2.86. The van der Waals surface area contributed by atoms with E-state index in [0.717, 1.165) is 37.1 Å². The van der Waals surface area contributed by atoms with Gasteiger partial charge in [0.1, 0.15) is 5.82 Å². The molecule has 0 spiro atoms. The highest BCUT2D eigenvalue weighted by molar-refractivity contribution is 5.43. The van der Waals surface area contributed by atoms with Crippen LogP contribution < -0.4 is 10.2 Å². The molecule has 0 saturated carbocycles. The highest BCUT2D eigenvalue weighted by atomic mass is 15.2. The van der Waals surface area contributed by atoms with Gasteiger partial charge in [0.05, 0.1) is 0 Å². The van der Waals surface area contributed by atoms with Crippen LogP contribution in [0.25, 0.3) is 0 Å². The van der Waals surface area contributed by atoms with E-state index in [1.54, 1.807) is 0 Å². The van der Waals surface area contributed by atoms with Crippen LogP contribution in [0.3, 0.4) is 0 Å². The van der Waals surface area contributed by atoms with Crippen molar-refractivity contribution in [1.29, 1.82) is 0 Å². The predicted molar refractivity (Wildman–Crippen MR) is 81.5 cm³/mol. The Labute approximate surface area is 117 Å². The normalized spacial score (nSPS) is 20.1. The Balaban J connectivity index is 2.15. The lowest BCUT2D eigenvalue weighted by Gasteiger charge is -2.27. The van der Waals surface area contributed by atoms with Crippen molar-refractivity contribution in [3.8, 4) is 0 Å². The fourth-order valence-electron chi connectivity index (χ4n) is 2.86. The quantitative estimate of drug-likeness (QED) is 0.906. The van der Waals surface area contributed by atoms with Gasteiger partial charge < -0.3 is 10.2 Å². The first-order valence-electron chi connectivity index (χ1n) is 7.27. The third-order valence-corrected chi connectivity index (χ3v) is 4.12. The van der Waals surface area contributed by atoms with Crippen molar-refractivity contribution in [1.82, 2.24) is 10.3 Å². The lowest BCUT2D eigenvalue weighted by atomic mass is 9.80. The van der Waals surface area contributed by atoms with Crippen molar-refractivity contribution in [3.63, 3.8) is 0 Å². The van der Waals surface area contributed by atoms with Gasteiger partial charge in [-0.3, -0.25) is 0 Å². The van der Waals surface area contributed by atoms with E-state index in [4.69, 9.17) is 4.98 Å². The third kappa shape index (κ3) is 3.47. The van der Waals surface area contributed by atoms with Crippen molar-refractivity contribution < 1.29 is 0 Å². The molecule has 1 aliphatic rings. The van der Waals surface area contributed by atoms with Gasteiger partial charge in [0.15, 0.2) is 0 Å². The maximum absolute atomic E-state index is 4.71. The van der Waals surface area contributed by atoms with Crippen LogP contribution >= 0.6 is 0 Å². The number of nitrogens with zero attached hydrogens (tertiary/aromatic N) is 2. The summed E-state index contributed by atoms with van der Waals surface area (Å²) >= 11 is 0. The van der Waals surface area contributed by atoms with Crippen molar-refractivity contribution in [2.45, 2.75) is 40.7 Å². The molecule has 1 unspecified atom stereocenters. The van der Waals surface area contributed by atoms with Crippen LogP contribution in [-0.4, -0.2) is 25.1 Å². The Bertz CT molecular complexity index is 434. The van der Waals surface area contributed by atoms with Gasteiger partial charge in [-0.25, -0.2) is 4.98 Å². The lowest BCUT2D eigenvalue weighted by Crippen LogP contribution is -2.26. The minimum atomic E-state index is 0.395. The molecule has 3 nitrogen and oxygen atoms in total. The van der Waals surface area contributed by atoms with Crippen LogP contribution in [0.2, 0.25) is 0 Å². The molecule has 2 rings (SSSR count). The summed E-state index contributed by atoms with van der Waals surface area (Å²) < 4.78 is 0. The van der Waals surface area contributed by atoms with E-state index in [0.29, 0.717) is 5.41 Å². The molecular formula is C16H27N3. The molecule has 0 bridgehead atoms. The van der Waals surface area contributed by atoms with Gasteiger partial charge in [-0.1, -0.05) is 20.8 Å². The number of aryl methyl sites for hydroxylation is 1. The average Bonchev–Trinajstić information content (AvgIpc) is 2.77. The first kappa shape index (κ1) is 14.3. The first-order chi connectivity index (χ1) is 8.90. The molecule has 1 aliphatic heterocycles. The van der Waals surface area contributed by atoms with E-state index in [1.165, 1.54) is 12.0 Å². The number of nitrogens with one attached hydrogen (secondary N) is 1. The van der Waals surface area contributed by atoms with E-state index in [9.17, 15) is 0 Å². The molecule has 0 amide bonds. The Hall–Kier alpha value is -1.09. The van der Waals surface area contributed by atoms with Crippen LogP contribution in [0.5, 0.6) is 0 Å². The minimum absolute atomic E-state index is 0.395. The molecule has 1 aromatic heterocycles.